The molecule has 6 atom stereocenters. The van der Waals surface area contributed by atoms with E-state index in [9.17, 15) is 4.79 Å². The number of hydrogen-bond acceptors (Lipinski definition) is 5. The SMILES string of the molecule is COc1ccc(C=Nc2ccc3c(c2)[C@]24CCN5CC6=CCO[C@@H]7CC(=O)N3[C@@H]2[C@@H]7[C@@H]6C[C@@H]54)cc1. The van der Waals surface area contributed by atoms with Crippen molar-refractivity contribution in [3.63, 3.8) is 0 Å². The van der Waals surface area contributed by atoms with Crippen LogP contribution >= 0.6 is 0 Å². The van der Waals surface area contributed by atoms with E-state index in [2.05, 4.69) is 34.1 Å². The van der Waals surface area contributed by atoms with Crippen molar-refractivity contribution in [1.82, 2.24) is 4.90 Å². The molecule has 5 heterocycles. The maximum Gasteiger partial charge on any atom is 0.229 e. The summed E-state index contributed by atoms with van der Waals surface area (Å²) in [6.45, 7) is 2.81. The average molecular weight is 468 g/mol. The molecular formula is C29H29N3O3. The zero-order valence-electron chi connectivity index (χ0n) is 19.9. The summed E-state index contributed by atoms with van der Waals surface area (Å²) in [6.07, 6.45) is 7.07. The van der Waals surface area contributed by atoms with E-state index in [1.165, 1.54) is 12.0 Å². The van der Waals surface area contributed by atoms with Crippen molar-refractivity contribution in [2.45, 2.75) is 42.9 Å². The highest BCUT2D eigenvalue weighted by Gasteiger charge is 2.71. The lowest BCUT2D eigenvalue weighted by Crippen LogP contribution is -2.69. The van der Waals surface area contributed by atoms with E-state index in [4.69, 9.17) is 14.5 Å². The van der Waals surface area contributed by atoms with Crippen LogP contribution in [0.2, 0.25) is 0 Å². The van der Waals surface area contributed by atoms with Gasteiger partial charge in [0.1, 0.15) is 5.75 Å². The Hall–Kier alpha value is -2.96. The molecule has 6 nitrogen and oxygen atoms in total. The Labute approximate surface area is 205 Å². The molecule has 1 spiro atoms. The normalized spacial score (nSPS) is 36.3. The topological polar surface area (TPSA) is 54.4 Å². The third kappa shape index (κ3) is 2.56. The van der Waals surface area contributed by atoms with Crippen LogP contribution in [0.5, 0.6) is 5.75 Å². The molecule has 35 heavy (non-hydrogen) atoms. The molecule has 1 saturated carbocycles. The first kappa shape index (κ1) is 20.3. The van der Waals surface area contributed by atoms with Crippen LogP contribution in [0.3, 0.4) is 0 Å². The van der Waals surface area contributed by atoms with Crippen molar-refractivity contribution >= 4 is 23.5 Å². The molecule has 2 bridgehead atoms. The molecule has 5 aliphatic heterocycles. The Morgan fingerprint density at radius 1 is 1.20 bits per heavy atom. The van der Waals surface area contributed by atoms with E-state index in [1.807, 2.05) is 30.5 Å². The summed E-state index contributed by atoms with van der Waals surface area (Å²) < 4.78 is 11.6. The quantitative estimate of drug-likeness (QED) is 0.508. The molecule has 2 aromatic carbocycles. The van der Waals surface area contributed by atoms with Gasteiger partial charge in [0.2, 0.25) is 5.91 Å². The van der Waals surface area contributed by atoms with Gasteiger partial charge < -0.3 is 14.4 Å². The van der Waals surface area contributed by atoms with E-state index in [0.29, 0.717) is 30.9 Å². The van der Waals surface area contributed by atoms with Crippen molar-refractivity contribution in [2.75, 3.05) is 31.7 Å². The van der Waals surface area contributed by atoms with Crippen molar-refractivity contribution in [3.8, 4) is 5.75 Å². The Morgan fingerprint density at radius 3 is 2.94 bits per heavy atom. The summed E-state index contributed by atoms with van der Waals surface area (Å²) in [6, 6.07) is 15.1. The number of methoxy groups -OCH3 is 1. The Balaban J connectivity index is 1.25. The fourth-order valence-corrected chi connectivity index (χ4v) is 8.46. The van der Waals surface area contributed by atoms with Crippen LogP contribution in [0, 0.1) is 11.8 Å². The second-order valence-electron chi connectivity index (χ2n) is 11.0. The van der Waals surface area contributed by atoms with Gasteiger partial charge in [-0.3, -0.25) is 14.7 Å². The Morgan fingerprint density at radius 2 is 2.09 bits per heavy atom. The molecule has 1 aliphatic carbocycles. The van der Waals surface area contributed by atoms with Gasteiger partial charge in [0, 0.05) is 35.8 Å². The molecule has 6 aliphatic rings. The molecule has 0 radical (unpaired) electrons. The fourth-order valence-electron chi connectivity index (χ4n) is 8.46. The third-order valence-electron chi connectivity index (χ3n) is 9.77. The van der Waals surface area contributed by atoms with Crippen LogP contribution in [0.15, 0.2) is 59.1 Å². The number of carbonyl (C=O) groups excluding carboxylic acids is 1. The summed E-state index contributed by atoms with van der Waals surface area (Å²) in [4.78, 5) is 23.3. The van der Waals surface area contributed by atoms with Gasteiger partial charge in [-0.15, -0.1) is 0 Å². The van der Waals surface area contributed by atoms with E-state index >= 15 is 0 Å². The minimum Gasteiger partial charge on any atom is -0.497 e. The summed E-state index contributed by atoms with van der Waals surface area (Å²) >= 11 is 0. The lowest BCUT2D eigenvalue weighted by molar-refractivity contribution is -0.132. The number of carbonyl (C=O) groups is 1. The van der Waals surface area contributed by atoms with Gasteiger partial charge in [0.05, 0.1) is 38.0 Å². The van der Waals surface area contributed by atoms with Crippen LogP contribution in [0.1, 0.15) is 30.4 Å². The summed E-state index contributed by atoms with van der Waals surface area (Å²) in [5.41, 5.74) is 5.98. The predicted octanol–water partition coefficient (Wildman–Crippen LogP) is 3.85. The van der Waals surface area contributed by atoms with Crippen molar-refractivity contribution < 1.29 is 14.3 Å². The highest BCUT2D eigenvalue weighted by atomic mass is 16.5. The number of nitrogens with zero attached hydrogens (tertiary/aromatic N) is 3. The average Bonchev–Trinajstić information content (AvgIpc) is 3.35. The van der Waals surface area contributed by atoms with Crippen molar-refractivity contribution in [3.05, 3.63) is 65.2 Å². The van der Waals surface area contributed by atoms with Crippen LogP contribution in [-0.2, 0) is 14.9 Å². The maximum absolute atomic E-state index is 13.6. The standard InChI is InChI=1S/C29H29N3O3/c1-34-20-5-2-17(3-6-20)15-30-19-4-7-23-22(12-19)29-9-10-31-16-18-8-11-35-24-14-26(33)32(23)28(29)27(24)21(18)13-25(29)31/h2-8,12,15,21,24-25,27-28H,9-11,13-14,16H2,1H3/t21-,24-,25-,27-,28-,29+/m1/s1. The highest BCUT2D eigenvalue weighted by Crippen LogP contribution is 2.66. The number of amides is 1. The monoisotopic (exact) mass is 467 g/mol. The maximum atomic E-state index is 13.6. The number of fused-ring (bicyclic) bond motifs is 2. The van der Waals surface area contributed by atoms with Gasteiger partial charge >= 0.3 is 0 Å². The van der Waals surface area contributed by atoms with E-state index in [-0.39, 0.29) is 23.5 Å². The number of ether oxygens (including phenoxy) is 2. The van der Waals surface area contributed by atoms with Crippen molar-refractivity contribution in [1.29, 1.82) is 0 Å². The number of rotatable bonds is 3. The van der Waals surface area contributed by atoms with E-state index < -0.39 is 0 Å². The van der Waals surface area contributed by atoms with Gasteiger partial charge in [-0.05, 0) is 78.9 Å². The lowest BCUT2D eigenvalue weighted by Gasteiger charge is -2.58. The number of aliphatic imine (C=N–C) groups is 1. The second-order valence-corrected chi connectivity index (χ2v) is 11.0. The smallest absolute Gasteiger partial charge is 0.229 e. The second kappa shape index (κ2) is 7.05. The molecule has 2 aromatic rings. The minimum absolute atomic E-state index is 0.0182. The number of anilines is 1. The Bertz CT molecular complexity index is 1300. The first-order valence-electron chi connectivity index (χ1n) is 12.9. The first-order chi connectivity index (χ1) is 17.2. The molecule has 8 rings (SSSR count). The molecule has 0 unspecified atom stereocenters. The van der Waals surface area contributed by atoms with Crippen LogP contribution in [0.25, 0.3) is 0 Å². The molecular weight excluding hydrogens is 438 g/mol. The zero-order chi connectivity index (χ0) is 23.3. The molecule has 178 valence electrons. The summed E-state index contributed by atoms with van der Waals surface area (Å²) in [5, 5.41) is 0. The molecule has 0 N–H and O–H groups in total. The van der Waals surface area contributed by atoms with E-state index in [0.717, 1.165) is 42.2 Å². The molecule has 0 aromatic heterocycles. The van der Waals surface area contributed by atoms with Crippen molar-refractivity contribution in [2.24, 2.45) is 16.8 Å². The lowest BCUT2D eigenvalue weighted by atomic mass is 9.53. The van der Waals surface area contributed by atoms with Crippen LogP contribution < -0.4 is 9.64 Å². The van der Waals surface area contributed by atoms with Gasteiger partial charge in [0.25, 0.3) is 0 Å². The summed E-state index contributed by atoms with van der Waals surface area (Å²) in [5.74, 6) is 1.99. The highest BCUT2D eigenvalue weighted by molar-refractivity contribution is 5.99. The molecule has 4 fully saturated rings. The van der Waals surface area contributed by atoms with Gasteiger partial charge in [-0.25, -0.2) is 0 Å². The van der Waals surface area contributed by atoms with Gasteiger partial charge in [-0.1, -0.05) is 11.6 Å². The van der Waals surface area contributed by atoms with Crippen LogP contribution in [-0.4, -0.2) is 62.0 Å². The van der Waals surface area contributed by atoms with Gasteiger partial charge in [0.15, 0.2) is 0 Å². The third-order valence-corrected chi connectivity index (χ3v) is 9.77. The molecule has 6 heteroatoms. The zero-order valence-corrected chi connectivity index (χ0v) is 19.9. The fraction of sp³-hybridized carbons (Fsp3) is 0.448. The molecule has 1 amide bonds. The number of benzene rings is 2. The first-order valence-corrected chi connectivity index (χ1v) is 12.9. The number of piperidine rings is 2. The largest absolute Gasteiger partial charge is 0.497 e. The van der Waals surface area contributed by atoms with E-state index in [1.54, 1.807) is 12.7 Å². The summed E-state index contributed by atoms with van der Waals surface area (Å²) in [7, 11) is 1.68. The predicted molar refractivity (Wildman–Crippen MR) is 134 cm³/mol. The Kier molecular flexibility index (Phi) is 4.08. The molecule has 3 saturated heterocycles. The minimum atomic E-state index is -0.0182. The van der Waals surface area contributed by atoms with Gasteiger partial charge in [-0.2, -0.15) is 0 Å². The van der Waals surface area contributed by atoms with Crippen LogP contribution in [0.4, 0.5) is 11.4 Å². The number of hydrogen-bond donors (Lipinski definition) is 0.